The molecule has 10 heteroatoms. The Morgan fingerprint density at radius 1 is 0.432 bits per heavy atom. The number of carbonyl (C=O) groups is 2. The van der Waals surface area contributed by atoms with Crippen molar-refractivity contribution in [1.29, 1.82) is 0 Å². The minimum atomic E-state index is -4.70. The average Bonchev–Trinajstić information content (AvgIpc) is 3.43. The van der Waals surface area contributed by atoms with E-state index in [-0.39, 0.29) is 31.5 Å². The number of carbonyl (C=O) groups excluding carboxylic acids is 2. The van der Waals surface area contributed by atoms with E-state index in [4.69, 9.17) is 13.8 Å². The van der Waals surface area contributed by atoms with Gasteiger partial charge in [0.15, 0.2) is 0 Å². The van der Waals surface area contributed by atoms with Crippen molar-refractivity contribution in [2.75, 3.05) is 40.9 Å². The summed E-state index contributed by atoms with van der Waals surface area (Å²) in [5.41, 5.74) is 0. The van der Waals surface area contributed by atoms with Crippen molar-refractivity contribution in [3.8, 4) is 0 Å². The van der Waals surface area contributed by atoms with Gasteiger partial charge in [0.25, 0.3) is 7.82 Å². The molecule has 0 radical (unpaired) electrons. The summed E-state index contributed by atoms with van der Waals surface area (Å²) >= 11 is 0. The first-order chi connectivity index (χ1) is 39.4. The molecular formula is C71H133N2O7P. The van der Waals surface area contributed by atoms with Gasteiger partial charge in [0.05, 0.1) is 33.8 Å². The summed E-state index contributed by atoms with van der Waals surface area (Å²) in [4.78, 5) is 40.1. The van der Waals surface area contributed by atoms with Crippen LogP contribution in [0.1, 0.15) is 329 Å². The molecule has 0 saturated carbocycles. The molecule has 1 N–H and O–H groups in total. The molecule has 0 saturated heterocycles. The van der Waals surface area contributed by atoms with Crippen molar-refractivity contribution in [3.63, 3.8) is 0 Å². The summed E-state index contributed by atoms with van der Waals surface area (Å²) in [7, 11) is 1.19. The van der Waals surface area contributed by atoms with E-state index in [1.807, 2.05) is 33.3 Å². The fourth-order valence-electron chi connectivity index (χ4n) is 10.1. The largest absolute Gasteiger partial charge is 0.756 e. The number of hydrogen-bond acceptors (Lipinski definition) is 7. The minimum absolute atomic E-state index is 0.0223. The van der Waals surface area contributed by atoms with Crippen molar-refractivity contribution in [2.45, 2.75) is 341 Å². The maximum atomic E-state index is 13.6. The van der Waals surface area contributed by atoms with E-state index in [1.54, 1.807) is 0 Å². The molecule has 3 atom stereocenters. The first kappa shape index (κ1) is 78.7. The summed E-state index contributed by atoms with van der Waals surface area (Å²) in [6.45, 7) is 6.85. The number of unbranched alkanes of at least 4 members (excludes halogenated alkanes) is 39. The zero-order valence-electron chi connectivity index (χ0n) is 54.2. The van der Waals surface area contributed by atoms with Crippen molar-refractivity contribution in [2.24, 2.45) is 0 Å². The predicted molar refractivity (Wildman–Crippen MR) is 349 cm³/mol. The van der Waals surface area contributed by atoms with Crippen LogP contribution in [0.3, 0.4) is 0 Å². The summed E-state index contributed by atoms with van der Waals surface area (Å²) in [6, 6.07) is -0.889. The maximum Gasteiger partial charge on any atom is 0.306 e. The molecule has 0 aliphatic carbocycles. The van der Waals surface area contributed by atoms with Gasteiger partial charge in [-0.25, -0.2) is 0 Å². The highest BCUT2D eigenvalue weighted by Gasteiger charge is 2.27. The van der Waals surface area contributed by atoms with Crippen LogP contribution in [-0.4, -0.2) is 69.4 Å². The van der Waals surface area contributed by atoms with Gasteiger partial charge in [-0.15, -0.1) is 0 Å². The second-order valence-corrected chi connectivity index (χ2v) is 26.1. The summed E-state index contributed by atoms with van der Waals surface area (Å²) < 4.78 is 30.4. The molecule has 81 heavy (non-hydrogen) atoms. The fourth-order valence-corrected chi connectivity index (χ4v) is 10.8. The Morgan fingerprint density at radius 2 is 0.753 bits per heavy atom. The van der Waals surface area contributed by atoms with Crippen LogP contribution in [0.5, 0.6) is 0 Å². The molecule has 1 amide bonds. The zero-order valence-corrected chi connectivity index (χ0v) is 55.1. The van der Waals surface area contributed by atoms with Gasteiger partial charge in [-0.3, -0.25) is 14.2 Å². The Balaban J connectivity index is 5.01. The first-order valence-corrected chi connectivity index (χ1v) is 36.1. The maximum absolute atomic E-state index is 13.6. The van der Waals surface area contributed by atoms with Gasteiger partial charge >= 0.3 is 5.97 Å². The Hall–Kier alpha value is -2.29. The van der Waals surface area contributed by atoms with E-state index in [9.17, 15) is 19.0 Å². The standard InChI is InChI=1S/C71H133N2O7P/c1-7-10-13-16-19-22-25-27-29-31-32-33-34-35-36-37-38-39-40-42-43-45-48-51-54-57-60-63-70(74)72-68(67-79-81(76,77)78-66-65-73(4,5)6)69(62-59-56-53-50-47-24-21-18-15-12-9-3)80-71(75)64-61-58-55-52-49-46-44-41-30-28-26-23-20-17-14-11-8-2/h19,22,27,29,32-33,35-36,59,62,68-69H,7-18,20-21,23-26,28,30-31,34,37-58,60-61,63-67H2,1-6H3,(H-,72,74,76,77)/b22-19-,29-27-,33-32-,36-35-,62-59-. The summed E-state index contributed by atoms with van der Waals surface area (Å²) in [5.74, 6) is -0.532. The number of likely N-dealkylation sites (N-methyl/N-ethyl adjacent to an activating group) is 1. The highest BCUT2D eigenvalue weighted by molar-refractivity contribution is 7.45. The molecule has 0 fully saturated rings. The predicted octanol–water partition coefficient (Wildman–Crippen LogP) is 21.2. The van der Waals surface area contributed by atoms with E-state index >= 15 is 0 Å². The number of rotatable bonds is 63. The number of ether oxygens (including phenoxy) is 1. The molecule has 474 valence electrons. The molecule has 0 aromatic heterocycles. The van der Waals surface area contributed by atoms with E-state index < -0.39 is 20.0 Å². The van der Waals surface area contributed by atoms with Gasteiger partial charge < -0.3 is 28.5 Å². The smallest absolute Gasteiger partial charge is 0.306 e. The van der Waals surface area contributed by atoms with Gasteiger partial charge in [0, 0.05) is 12.8 Å². The second-order valence-electron chi connectivity index (χ2n) is 24.7. The second kappa shape index (κ2) is 60.8. The van der Waals surface area contributed by atoms with Crippen molar-refractivity contribution >= 4 is 19.7 Å². The van der Waals surface area contributed by atoms with E-state index in [1.165, 1.54) is 212 Å². The third-order valence-corrected chi connectivity index (χ3v) is 16.4. The quantitative estimate of drug-likeness (QED) is 0.0212. The molecule has 0 aliphatic heterocycles. The number of esters is 1. The normalized spacial score (nSPS) is 13.9. The lowest BCUT2D eigenvalue weighted by atomic mass is 10.0. The van der Waals surface area contributed by atoms with Crippen LogP contribution in [0.15, 0.2) is 60.8 Å². The molecular weight excluding hydrogens is 1020 g/mol. The van der Waals surface area contributed by atoms with Gasteiger partial charge in [-0.1, -0.05) is 300 Å². The minimum Gasteiger partial charge on any atom is -0.756 e. The molecule has 0 heterocycles. The van der Waals surface area contributed by atoms with Crippen molar-refractivity contribution in [3.05, 3.63) is 60.8 Å². The topological polar surface area (TPSA) is 114 Å². The van der Waals surface area contributed by atoms with Crippen LogP contribution in [0, 0.1) is 0 Å². The Labute approximate surface area is 502 Å². The average molecular weight is 1160 g/mol. The molecule has 0 aliphatic rings. The Kier molecular flexibility index (Phi) is 59.1. The molecule has 0 rings (SSSR count). The van der Waals surface area contributed by atoms with Crippen LogP contribution in [-0.2, 0) is 27.9 Å². The number of nitrogens with one attached hydrogen (secondary N) is 1. The van der Waals surface area contributed by atoms with Crippen molar-refractivity contribution in [1.82, 2.24) is 5.32 Å². The Bertz CT molecular complexity index is 1570. The fraction of sp³-hybridized carbons (Fsp3) is 0.831. The van der Waals surface area contributed by atoms with Crippen LogP contribution in [0.25, 0.3) is 0 Å². The number of phosphoric acid groups is 1. The van der Waals surface area contributed by atoms with Gasteiger partial charge in [-0.05, 0) is 76.7 Å². The lowest BCUT2D eigenvalue weighted by Gasteiger charge is -2.30. The van der Waals surface area contributed by atoms with Gasteiger partial charge in [0.1, 0.15) is 19.3 Å². The molecule has 9 nitrogen and oxygen atoms in total. The number of amides is 1. The SMILES string of the molecule is CCCCC/C=C\C/C=C\C/C=C\C/C=C\CCCCCCCCCCCCCC(=O)NC(COP(=O)([O-])OCC[N+](C)(C)C)C(/C=C\CCCCCCCCCCC)OC(=O)CCCCCCCCCCCCCCCCCCC. The van der Waals surface area contributed by atoms with Crippen molar-refractivity contribution < 1.29 is 37.3 Å². The molecule has 0 aromatic carbocycles. The number of phosphoric ester groups is 1. The molecule has 0 aromatic rings. The van der Waals surface area contributed by atoms with Crippen LogP contribution >= 0.6 is 7.82 Å². The lowest BCUT2D eigenvalue weighted by molar-refractivity contribution is -0.870. The molecule has 0 bridgehead atoms. The van der Waals surface area contributed by atoms with Crippen LogP contribution in [0.2, 0.25) is 0 Å². The third-order valence-electron chi connectivity index (χ3n) is 15.5. The monoisotopic (exact) mass is 1160 g/mol. The van der Waals surface area contributed by atoms with Crippen LogP contribution < -0.4 is 10.2 Å². The summed E-state index contributed by atoms with van der Waals surface area (Å²) in [6.07, 6.45) is 77.7. The highest BCUT2D eigenvalue weighted by Crippen LogP contribution is 2.38. The number of hydrogen-bond donors (Lipinski definition) is 1. The van der Waals surface area contributed by atoms with Gasteiger partial charge in [-0.2, -0.15) is 0 Å². The molecule has 3 unspecified atom stereocenters. The third kappa shape index (κ3) is 62.1. The number of allylic oxidation sites excluding steroid dienone is 9. The Morgan fingerprint density at radius 3 is 1.15 bits per heavy atom. The van der Waals surface area contributed by atoms with Gasteiger partial charge in [0.2, 0.25) is 5.91 Å². The lowest BCUT2D eigenvalue weighted by Crippen LogP contribution is -2.47. The highest BCUT2D eigenvalue weighted by atomic mass is 31.2. The zero-order chi connectivity index (χ0) is 59.3. The summed E-state index contributed by atoms with van der Waals surface area (Å²) in [5, 5.41) is 3.04. The van der Waals surface area contributed by atoms with E-state index in [0.29, 0.717) is 17.4 Å². The number of nitrogens with zero attached hydrogens (tertiary/aromatic N) is 1. The molecule has 0 spiro atoms. The number of quaternary nitrogens is 1. The van der Waals surface area contributed by atoms with E-state index in [0.717, 1.165) is 83.5 Å². The van der Waals surface area contributed by atoms with E-state index in [2.05, 4.69) is 74.7 Å². The first-order valence-electron chi connectivity index (χ1n) is 34.6. The van der Waals surface area contributed by atoms with Crippen LogP contribution in [0.4, 0.5) is 0 Å².